The van der Waals surface area contributed by atoms with E-state index in [1.807, 2.05) is 12.1 Å². The van der Waals surface area contributed by atoms with Crippen LogP contribution in [0.4, 0.5) is 4.39 Å². The Bertz CT molecular complexity index is 756. The maximum atomic E-state index is 13.1. The lowest BCUT2D eigenvalue weighted by Crippen LogP contribution is -2.15. The topological polar surface area (TPSA) is 34.1 Å². The second kappa shape index (κ2) is 5.54. The van der Waals surface area contributed by atoms with Crippen molar-refractivity contribution >= 4 is 25.8 Å². The number of rotatable bonds is 3. The van der Waals surface area contributed by atoms with Crippen molar-refractivity contribution in [2.75, 3.05) is 11.1 Å². The molecule has 0 radical (unpaired) electrons. The second-order valence-electron chi connectivity index (χ2n) is 5.24. The molecule has 0 saturated heterocycles. The molecular weight excluding hydrogens is 355 g/mol. The molecule has 0 fully saturated rings. The van der Waals surface area contributed by atoms with E-state index in [1.54, 1.807) is 24.3 Å². The monoisotopic (exact) mass is 368 g/mol. The van der Waals surface area contributed by atoms with Gasteiger partial charge in [-0.1, -0.05) is 46.3 Å². The number of benzene rings is 2. The lowest BCUT2D eigenvalue weighted by atomic mass is 9.84. The van der Waals surface area contributed by atoms with E-state index in [2.05, 4.69) is 15.9 Å². The molecule has 2 aromatic carbocycles. The molecular formula is C16H14BrFO2S. The van der Waals surface area contributed by atoms with Crippen LogP contribution in [0.2, 0.25) is 0 Å². The Hall–Kier alpha value is -1.20. The summed E-state index contributed by atoms with van der Waals surface area (Å²) in [6.45, 7) is 0. The van der Waals surface area contributed by atoms with E-state index in [9.17, 15) is 12.8 Å². The lowest BCUT2D eigenvalue weighted by molar-refractivity contribution is 0.588. The molecule has 1 aliphatic rings. The molecule has 0 amide bonds. The van der Waals surface area contributed by atoms with Crippen molar-refractivity contribution < 1.29 is 12.8 Å². The van der Waals surface area contributed by atoms with Crippen LogP contribution < -0.4 is 0 Å². The third-order valence-corrected chi connectivity index (χ3v) is 6.54. The molecule has 0 aromatic heterocycles. The highest BCUT2D eigenvalue weighted by atomic mass is 79.9. The van der Waals surface area contributed by atoms with E-state index in [1.165, 1.54) is 12.1 Å². The third-order valence-electron chi connectivity index (χ3n) is 4.00. The van der Waals surface area contributed by atoms with E-state index < -0.39 is 9.84 Å². The summed E-state index contributed by atoms with van der Waals surface area (Å²) in [7, 11) is -3.22. The zero-order valence-electron chi connectivity index (χ0n) is 11.2. The predicted molar refractivity (Wildman–Crippen MR) is 84.2 cm³/mol. The van der Waals surface area contributed by atoms with Crippen LogP contribution in [0.15, 0.2) is 53.4 Å². The van der Waals surface area contributed by atoms with Crippen molar-refractivity contribution in [2.45, 2.75) is 16.7 Å². The lowest BCUT2D eigenvalue weighted by Gasteiger charge is -2.22. The van der Waals surface area contributed by atoms with Crippen LogP contribution in [0.25, 0.3) is 0 Å². The molecule has 3 rings (SSSR count). The molecule has 2 nitrogen and oxygen atoms in total. The van der Waals surface area contributed by atoms with Crippen LogP contribution in [-0.2, 0) is 9.84 Å². The molecule has 2 atom stereocenters. The van der Waals surface area contributed by atoms with E-state index in [-0.39, 0.29) is 23.4 Å². The minimum Gasteiger partial charge on any atom is -0.224 e. The van der Waals surface area contributed by atoms with Crippen LogP contribution in [0.5, 0.6) is 0 Å². The molecule has 2 unspecified atom stereocenters. The molecule has 5 heteroatoms. The first-order chi connectivity index (χ1) is 10.0. The summed E-state index contributed by atoms with van der Waals surface area (Å²) in [5.74, 6) is -0.272. The smallest absolute Gasteiger partial charge is 0.179 e. The average Bonchev–Trinajstić information content (AvgIpc) is 2.74. The van der Waals surface area contributed by atoms with Gasteiger partial charge in [0.2, 0.25) is 0 Å². The fourth-order valence-electron chi connectivity index (χ4n) is 2.96. The van der Waals surface area contributed by atoms with Crippen LogP contribution in [0.1, 0.15) is 23.0 Å². The summed E-state index contributed by atoms with van der Waals surface area (Å²) < 4.78 is 37.7. The molecule has 0 N–H and O–H groups in total. The van der Waals surface area contributed by atoms with Crippen molar-refractivity contribution in [1.29, 1.82) is 0 Å². The van der Waals surface area contributed by atoms with Crippen LogP contribution in [-0.4, -0.2) is 19.5 Å². The van der Waals surface area contributed by atoms with Gasteiger partial charge in [-0.15, -0.1) is 0 Å². The molecule has 0 bridgehead atoms. The number of fused-ring (bicyclic) bond motifs is 1. The standard InChI is InChI=1S/C16H14BrFO2S/c17-9-14(11-5-7-12(18)8-6-11)15-10-21(19,20)16-4-2-1-3-13(15)16/h1-8,14-15H,9-10H2. The van der Waals surface area contributed by atoms with Crippen molar-refractivity contribution in [2.24, 2.45) is 0 Å². The Morgan fingerprint density at radius 2 is 1.81 bits per heavy atom. The van der Waals surface area contributed by atoms with Crippen LogP contribution >= 0.6 is 15.9 Å². The summed E-state index contributed by atoms with van der Waals surface area (Å²) >= 11 is 3.48. The number of sulfone groups is 1. The summed E-state index contributed by atoms with van der Waals surface area (Å²) in [6.07, 6.45) is 0. The Morgan fingerprint density at radius 1 is 1.14 bits per heavy atom. The van der Waals surface area contributed by atoms with Gasteiger partial charge in [0.1, 0.15) is 5.82 Å². The Morgan fingerprint density at radius 3 is 2.48 bits per heavy atom. The summed E-state index contributed by atoms with van der Waals surface area (Å²) in [5.41, 5.74) is 1.82. The summed E-state index contributed by atoms with van der Waals surface area (Å²) in [6, 6.07) is 13.5. The van der Waals surface area contributed by atoms with E-state index >= 15 is 0 Å². The summed E-state index contributed by atoms with van der Waals surface area (Å²) in [4.78, 5) is 0.433. The van der Waals surface area contributed by atoms with Gasteiger partial charge in [-0.25, -0.2) is 12.8 Å². The largest absolute Gasteiger partial charge is 0.224 e. The van der Waals surface area contributed by atoms with Crippen molar-refractivity contribution in [1.82, 2.24) is 0 Å². The number of hydrogen-bond donors (Lipinski definition) is 0. The van der Waals surface area contributed by atoms with Crippen LogP contribution in [0, 0.1) is 5.82 Å². The first-order valence-corrected chi connectivity index (χ1v) is 9.43. The zero-order chi connectivity index (χ0) is 15.0. The van der Waals surface area contributed by atoms with Gasteiger partial charge in [-0.2, -0.15) is 0 Å². The van der Waals surface area contributed by atoms with E-state index in [0.29, 0.717) is 10.2 Å². The van der Waals surface area contributed by atoms with Crippen molar-refractivity contribution in [3.8, 4) is 0 Å². The highest BCUT2D eigenvalue weighted by Gasteiger charge is 2.38. The average molecular weight is 369 g/mol. The summed E-state index contributed by atoms with van der Waals surface area (Å²) in [5, 5.41) is 0.632. The SMILES string of the molecule is O=S1(=O)CC(C(CBr)c2ccc(F)cc2)c2ccccc21. The number of alkyl halides is 1. The minimum absolute atomic E-state index is 0.00373. The van der Waals surface area contributed by atoms with Gasteiger partial charge in [-0.3, -0.25) is 0 Å². The molecule has 2 aromatic rings. The molecule has 1 heterocycles. The highest BCUT2D eigenvalue weighted by molar-refractivity contribution is 9.09. The van der Waals surface area contributed by atoms with Crippen molar-refractivity contribution in [3.63, 3.8) is 0 Å². The first kappa shape index (κ1) is 14.7. The maximum absolute atomic E-state index is 13.1. The number of halogens is 2. The molecule has 0 spiro atoms. The van der Waals surface area contributed by atoms with Gasteiger partial charge in [-0.05, 0) is 29.3 Å². The second-order valence-corrected chi connectivity index (χ2v) is 7.89. The quantitative estimate of drug-likeness (QED) is 0.770. The van der Waals surface area contributed by atoms with Gasteiger partial charge in [0.15, 0.2) is 9.84 Å². The Labute approximate surface area is 132 Å². The highest BCUT2D eigenvalue weighted by Crippen LogP contribution is 2.43. The molecule has 110 valence electrons. The minimum atomic E-state index is -3.22. The fraction of sp³-hybridized carbons (Fsp3) is 0.250. The van der Waals surface area contributed by atoms with Crippen molar-refractivity contribution in [3.05, 3.63) is 65.5 Å². The first-order valence-electron chi connectivity index (χ1n) is 6.66. The molecule has 1 aliphatic heterocycles. The van der Waals surface area contributed by atoms with Gasteiger partial charge in [0.05, 0.1) is 10.6 Å². The van der Waals surface area contributed by atoms with Gasteiger partial charge in [0.25, 0.3) is 0 Å². The predicted octanol–water partition coefficient (Wildman–Crippen LogP) is 3.88. The Kier molecular flexibility index (Phi) is 3.88. The fourth-order valence-corrected chi connectivity index (χ4v) is 5.71. The van der Waals surface area contributed by atoms with E-state index in [0.717, 1.165) is 11.1 Å². The van der Waals surface area contributed by atoms with Gasteiger partial charge < -0.3 is 0 Å². The van der Waals surface area contributed by atoms with Crippen LogP contribution in [0.3, 0.4) is 0 Å². The zero-order valence-corrected chi connectivity index (χ0v) is 13.6. The molecule has 0 aliphatic carbocycles. The van der Waals surface area contributed by atoms with Gasteiger partial charge >= 0.3 is 0 Å². The molecule has 0 saturated carbocycles. The number of hydrogen-bond acceptors (Lipinski definition) is 2. The molecule has 21 heavy (non-hydrogen) atoms. The van der Waals surface area contributed by atoms with E-state index in [4.69, 9.17) is 0 Å². The van der Waals surface area contributed by atoms with Gasteiger partial charge in [0, 0.05) is 17.2 Å². The third kappa shape index (κ3) is 2.64. The maximum Gasteiger partial charge on any atom is 0.179 e. The normalized spacial score (nSPS) is 21.0. The Balaban J connectivity index is 2.05.